The van der Waals surface area contributed by atoms with Crippen LogP contribution in [0.25, 0.3) is 11.0 Å². The predicted molar refractivity (Wildman–Crippen MR) is 81.4 cm³/mol. The first kappa shape index (κ1) is 13.9. The summed E-state index contributed by atoms with van der Waals surface area (Å²) in [4.78, 5) is 8.82. The third-order valence-corrected chi connectivity index (χ3v) is 4.55. The van der Waals surface area contributed by atoms with E-state index < -0.39 is 0 Å². The fraction of sp³-hybridized carbons (Fsp3) is 0.429. The maximum Gasteiger partial charge on any atom is 0.145 e. The van der Waals surface area contributed by atoms with E-state index in [0.717, 1.165) is 42.7 Å². The first-order chi connectivity index (χ1) is 9.62. The molecule has 1 fully saturated rings. The molecular formula is C14H15Cl2N3O. The standard InChI is InChI=1S/C14H15Cl2N3O/c15-9-5-11-12(6-10(9)16)19-13(7-17-11)18-8-14(1-2-14)3-4-20/h5-7,20H,1-4,8H2,(H,18,19). The van der Waals surface area contributed by atoms with Crippen LogP contribution in [0.3, 0.4) is 0 Å². The Morgan fingerprint density at radius 1 is 1.20 bits per heavy atom. The van der Waals surface area contributed by atoms with Crippen LogP contribution in [-0.4, -0.2) is 28.2 Å². The first-order valence-electron chi connectivity index (χ1n) is 6.58. The minimum absolute atomic E-state index is 0.235. The Labute approximate surface area is 127 Å². The first-order valence-corrected chi connectivity index (χ1v) is 7.34. The van der Waals surface area contributed by atoms with Gasteiger partial charge in [0.15, 0.2) is 0 Å². The summed E-state index contributed by atoms with van der Waals surface area (Å²) in [6.45, 7) is 1.05. The van der Waals surface area contributed by atoms with Gasteiger partial charge in [-0.25, -0.2) is 4.98 Å². The third-order valence-electron chi connectivity index (χ3n) is 3.83. The van der Waals surface area contributed by atoms with E-state index in [4.69, 9.17) is 28.3 Å². The number of halogens is 2. The quantitative estimate of drug-likeness (QED) is 0.887. The second-order valence-electron chi connectivity index (χ2n) is 5.34. The van der Waals surface area contributed by atoms with Crippen molar-refractivity contribution in [2.24, 2.45) is 5.41 Å². The highest BCUT2D eigenvalue weighted by atomic mass is 35.5. The van der Waals surface area contributed by atoms with Gasteiger partial charge in [0.2, 0.25) is 0 Å². The van der Waals surface area contributed by atoms with Crippen LogP contribution < -0.4 is 5.32 Å². The summed E-state index contributed by atoms with van der Waals surface area (Å²) in [7, 11) is 0. The van der Waals surface area contributed by atoms with Gasteiger partial charge in [0.05, 0.1) is 27.3 Å². The molecule has 2 N–H and O–H groups in total. The van der Waals surface area contributed by atoms with Gasteiger partial charge in [-0.3, -0.25) is 4.98 Å². The van der Waals surface area contributed by atoms with Crippen LogP contribution in [0.4, 0.5) is 5.82 Å². The molecule has 0 aliphatic heterocycles. The van der Waals surface area contributed by atoms with Crippen molar-refractivity contribution in [2.45, 2.75) is 19.3 Å². The minimum Gasteiger partial charge on any atom is -0.396 e. The van der Waals surface area contributed by atoms with E-state index in [1.807, 2.05) is 0 Å². The Hall–Kier alpha value is -1.10. The zero-order valence-electron chi connectivity index (χ0n) is 10.9. The van der Waals surface area contributed by atoms with Crippen LogP contribution in [0, 0.1) is 5.41 Å². The monoisotopic (exact) mass is 311 g/mol. The molecule has 3 rings (SSSR count). The number of fused-ring (bicyclic) bond motifs is 1. The van der Waals surface area contributed by atoms with Crippen molar-refractivity contribution < 1.29 is 5.11 Å². The number of aliphatic hydroxyl groups excluding tert-OH is 1. The number of rotatable bonds is 5. The van der Waals surface area contributed by atoms with E-state index in [1.165, 1.54) is 0 Å². The number of benzene rings is 1. The fourth-order valence-corrected chi connectivity index (χ4v) is 2.62. The summed E-state index contributed by atoms with van der Waals surface area (Å²) in [6.07, 6.45) is 4.84. The molecule has 6 heteroatoms. The highest BCUT2D eigenvalue weighted by Gasteiger charge is 2.41. The molecule has 0 bridgehead atoms. The van der Waals surface area contributed by atoms with Crippen LogP contribution in [0.1, 0.15) is 19.3 Å². The summed E-state index contributed by atoms with van der Waals surface area (Å²) in [5.74, 6) is 0.722. The number of anilines is 1. The van der Waals surface area contributed by atoms with Crippen LogP contribution in [0.15, 0.2) is 18.3 Å². The summed E-state index contributed by atoms with van der Waals surface area (Å²) in [6, 6.07) is 3.43. The second-order valence-corrected chi connectivity index (χ2v) is 6.15. The third kappa shape index (κ3) is 2.82. The number of aromatic nitrogens is 2. The molecule has 1 heterocycles. The van der Waals surface area contributed by atoms with Gasteiger partial charge in [-0.05, 0) is 36.8 Å². The minimum atomic E-state index is 0.235. The zero-order chi connectivity index (χ0) is 14.2. The molecule has 0 unspecified atom stereocenters. The van der Waals surface area contributed by atoms with Crippen LogP contribution >= 0.6 is 23.2 Å². The molecule has 1 aliphatic rings. The highest BCUT2D eigenvalue weighted by molar-refractivity contribution is 6.42. The maximum absolute atomic E-state index is 9.05. The Kier molecular flexibility index (Phi) is 3.71. The molecular weight excluding hydrogens is 297 g/mol. The lowest BCUT2D eigenvalue weighted by atomic mass is 10.0. The Bertz CT molecular complexity index is 644. The van der Waals surface area contributed by atoms with Gasteiger partial charge >= 0.3 is 0 Å². The Morgan fingerprint density at radius 2 is 1.90 bits per heavy atom. The van der Waals surface area contributed by atoms with Gasteiger partial charge in [0.25, 0.3) is 0 Å². The predicted octanol–water partition coefficient (Wildman–Crippen LogP) is 3.51. The van der Waals surface area contributed by atoms with E-state index in [2.05, 4.69) is 15.3 Å². The van der Waals surface area contributed by atoms with Gasteiger partial charge in [0.1, 0.15) is 5.82 Å². The summed E-state index contributed by atoms with van der Waals surface area (Å²) in [5.41, 5.74) is 1.68. The Morgan fingerprint density at radius 3 is 2.55 bits per heavy atom. The van der Waals surface area contributed by atoms with Crippen molar-refractivity contribution in [3.05, 3.63) is 28.4 Å². The van der Waals surface area contributed by atoms with E-state index in [0.29, 0.717) is 10.0 Å². The van der Waals surface area contributed by atoms with Gasteiger partial charge in [-0.1, -0.05) is 23.2 Å². The number of nitrogens with one attached hydrogen (secondary N) is 1. The van der Waals surface area contributed by atoms with E-state index in [9.17, 15) is 0 Å². The molecule has 0 spiro atoms. The van der Waals surface area contributed by atoms with Crippen molar-refractivity contribution in [3.63, 3.8) is 0 Å². The summed E-state index contributed by atoms with van der Waals surface area (Å²) >= 11 is 11.9. The van der Waals surface area contributed by atoms with Crippen LogP contribution in [-0.2, 0) is 0 Å². The number of aliphatic hydroxyl groups is 1. The SMILES string of the molecule is OCCC1(CNc2cnc3cc(Cl)c(Cl)cc3n2)CC1. The smallest absolute Gasteiger partial charge is 0.145 e. The molecule has 0 radical (unpaired) electrons. The van der Waals surface area contributed by atoms with Gasteiger partial charge < -0.3 is 10.4 Å². The van der Waals surface area contributed by atoms with Crippen molar-refractivity contribution in [3.8, 4) is 0 Å². The molecule has 0 amide bonds. The normalized spacial score (nSPS) is 16.4. The van der Waals surface area contributed by atoms with Crippen molar-refractivity contribution in [1.82, 2.24) is 9.97 Å². The van der Waals surface area contributed by atoms with E-state index >= 15 is 0 Å². The average Bonchev–Trinajstić information content (AvgIpc) is 3.19. The lowest BCUT2D eigenvalue weighted by molar-refractivity contribution is 0.253. The van der Waals surface area contributed by atoms with E-state index in [-0.39, 0.29) is 12.0 Å². The molecule has 2 aromatic rings. The molecule has 1 aromatic heterocycles. The molecule has 4 nitrogen and oxygen atoms in total. The number of hydrogen-bond donors (Lipinski definition) is 2. The van der Waals surface area contributed by atoms with E-state index in [1.54, 1.807) is 18.3 Å². The summed E-state index contributed by atoms with van der Waals surface area (Å²) < 4.78 is 0. The fourth-order valence-electron chi connectivity index (χ4n) is 2.30. The molecule has 106 valence electrons. The van der Waals surface area contributed by atoms with Gasteiger partial charge in [-0.15, -0.1) is 0 Å². The largest absolute Gasteiger partial charge is 0.396 e. The second kappa shape index (κ2) is 5.35. The lowest BCUT2D eigenvalue weighted by Gasteiger charge is -2.15. The van der Waals surface area contributed by atoms with Gasteiger partial charge in [0, 0.05) is 13.2 Å². The summed E-state index contributed by atoms with van der Waals surface area (Å²) in [5, 5.41) is 13.3. The number of nitrogens with zero attached hydrogens (tertiary/aromatic N) is 2. The van der Waals surface area contributed by atoms with Crippen molar-refractivity contribution >= 4 is 40.1 Å². The van der Waals surface area contributed by atoms with Crippen molar-refractivity contribution in [2.75, 3.05) is 18.5 Å². The molecule has 1 aliphatic carbocycles. The lowest BCUT2D eigenvalue weighted by Crippen LogP contribution is -2.17. The molecule has 0 atom stereocenters. The Balaban J connectivity index is 1.77. The van der Waals surface area contributed by atoms with Crippen molar-refractivity contribution in [1.29, 1.82) is 0 Å². The maximum atomic E-state index is 9.05. The topological polar surface area (TPSA) is 58.0 Å². The highest BCUT2D eigenvalue weighted by Crippen LogP contribution is 2.48. The zero-order valence-corrected chi connectivity index (χ0v) is 12.4. The molecule has 1 aromatic carbocycles. The number of hydrogen-bond acceptors (Lipinski definition) is 4. The van der Waals surface area contributed by atoms with Gasteiger partial charge in [-0.2, -0.15) is 0 Å². The van der Waals surface area contributed by atoms with Crippen LogP contribution in [0.5, 0.6) is 0 Å². The van der Waals surface area contributed by atoms with Crippen LogP contribution in [0.2, 0.25) is 10.0 Å². The average molecular weight is 312 g/mol. The molecule has 1 saturated carbocycles. The molecule has 0 saturated heterocycles. The molecule has 20 heavy (non-hydrogen) atoms.